The quantitative estimate of drug-likeness (QED) is 0.172. The number of allylic oxidation sites excluding steroid dienone is 2. The molecule has 3 atom stereocenters. The molecule has 0 bridgehead atoms. The molecule has 5 rings (SSSR count). The van der Waals surface area contributed by atoms with Gasteiger partial charge in [0.15, 0.2) is 11.5 Å². The first-order valence-electron chi connectivity index (χ1n) is 11.1. The van der Waals surface area contributed by atoms with Crippen molar-refractivity contribution >= 4 is 62.1 Å². The van der Waals surface area contributed by atoms with Crippen LogP contribution in [-0.2, 0) is 6.61 Å². The van der Waals surface area contributed by atoms with Gasteiger partial charge in [-0.25, -0.2) is 0 Å². The molecule has 0 fully saturated rings. The zero-order chi connectivity index (χ0) is 25.6. The smallest absolute Gasteiger partial charge is 0.271 e. The van der Waals surface area contributed by atoms with Crippen LogP contribution in [0.1, 0.15) is 35.1 Å². The molecule has 0 saturated heterocycles. The number of nitro groups is 1. The van der Waals surface area contributed by atoms with Crippen molar-refractivity contribution in [2.45, 2.75) is 25.0 Å². The summed E-state index contributed by atoms with van der Waals surface area (Å²) in [7, 11) is 1.59. The molecule has 1 N–H and O–H groups in total. The van der Waals surface area contributed by atoms with Gasteiger partial charge >= 0.3 is 0 Å². The Balaban J connectivity index is 1.48. The third-order valence-corrected chi connectivity index (χ3v) is 8.09. The van der Waals surface area contributed by atoms with Gasteiger partial charge in [0.25, 0.3) is 5.69 Å². The molecular weight excluding hydrogens is 591 g/mol. The number of fused-ring (bicyclic) bond motifs is 3. The summed E-state index contributed by atoms with van der Waals surface area (Å²) in [5.74, 6) is 1.29. The number of anilines is 1. The Morgan fingerprint density at radius 1 is 1.14 bits per heavy atom. The number of nitrogens with zero attached hydrogens (tertiary/aromatic N) is 1. The van der Waals surface area contributed by atoms with Crippen LogP contribution in [0.4, 0.5) is 11.4 Å². The summed E-state index contributed by atoms with van der Waals surface area (Å²) in [4.78, 5) is 11.0. The van der Waals surface area contributed by atoms with Crippen molar-refractivity contribution < 1.29 is 14.4 Å². The fourth-order valence-corrected chi connectivity index (χ4v) is 6.24. The SMILES string of the molecule is COc1cc([C@@H]2Nc3c(Cl)cc([N+](=O)[O-])cc3[C@H]3C=CC[C@H]32)cc(Br)c1OCc1ccc(Cl)cc1Cl. The predicted molar refractivity (Wildman–Crippen MR) is 146 cm³/mol. The number of hydrogen-bond acceptors (Lipinski definition) is 5. The first-order valence-corrected chi connectivity index (χ1v) is 13.0. The van der Waals surface area contributed by atoms with E-state index in [1.807, 2.05) is 18.2 Å². The molecule has 0 unspecified atom stereocenters. The highest BCUT2D eigenvalue weighted by atomic mass is 79.9. The van der Waals surface area contributed by atoms with Crippen molar-refractivity contribution in [1.82, 2.24) is 0 Å². The van der Waals surface area contributed by atoms with Crippen LogP contribution in [0.25, 0.3) is 0 Å². The van der Waals surface area contributed by atoms with Gasteiger partial charge in [-0.15, -0.1) is 0 Å². The molecule has 186 valence electrons. The molecule has 3 aromatic carbocycles. The first kappa shape index (κ1) is 25.2. The Labute approximate surface area is 231 Å². The van der Waals surface area contributed by atoms with Gasteiger partial charge in [0, 0.05) is 33.7 Å². The molecule has 10 heteroatoms. The van der Waals surface area contributed by atoms with Crippen molar-refractivity contribution in [1.29, 1.82) is 0 Å². The zero-order valence-electron chi connectivity index (χ0n) is 18.9. The first-order chi connectivity index (χ1) is 17.3. The maximum atomic E-state index is 11.4. The van der Waals surface area contributed by atoms with Gasteiger partial charge in [-0.3, -0.25) is 10.1 Å². The highest BCUT2D eigenvalue weighted by Gasteiger charge is 2.40. The topological polar surface area (TPSA) is 73.6 Å². The number of rotatable bonds is 6. The van der Waals surface area contributed by atoms with Crippen molar-refractivity contribution in [2.24, 2.45) is 5.92 Å². The van der Waals surface area contributed by atoms with Crippen LogP contribution in [0, 0.1) is 16.0 Å². The van der Waals surface area contributed by atoms with Crippen molar-refractivity contribution in [3.8, 4) is 11.5 Å². The van der Waals surface area contributed by atoms with E-state index in [0.29, 0.717) is 32.3 Å². The van der Waals surface area contributed by atoms with Gasteiger partial charge in [-0.2, -0.15) is 0 Å². The van der Waals surface area contributed by atoms with Gasteiger partial charge in [0.1, 0.15) is 6.61 Å². The van der Waals surface area contributed by atoms with E-state index in [9.17, 15) is 10.1 Å². The largest absolute Gasteiger partial charge is 0.493 e. The lowest BCUT2D eigenvalue weighted by molar-refractivity contribution is -0.384. The Morgan fingerprint density at radius 2 is 1.94 bits per heavy atom. The number of ether oxygens (including phenoxy) is 2. The number of nitro benzene ring substituents is 1. The molecule has 6 nitrogen and oxygen atoms in total. The maximum Gasteiger partial charge on any atom is 0.271 e. The molecule has 0 amide bonds. The number of nitrogens with one attached hydrogen (secondary N) is 1. The average Bonchev–Trinajstić information content (AvgIpc) is 3.33. The molecule has 0 radical (unpaired) electrons. The molecule has 1 aliphatic carbocycles. The number of benzene rings is 3. The van der Waals surface area contributed by atoms with Gasteiger partial charge in [0.2, 0.25) is 0 Å². The number of methoxy groups -OCH3 is 1. The van der Waals surface area contributed by atoms with Gasteiger partial charge in [-0.05, 0) is 63.7 Å². The minimum Gasteiger partial charge on any atom is -0.493 e. The highest BCUT2D eigenvalue weighted by Crippen LogP contribution is 2.53. The van der Waals surface area contributed by atoms with E-state index in [2.05, 4.69) is 33.4 Å². The molecule has 36 heavy (non-hydrogen) atoms. The van der Waals surface area contributed by atoms with Crippen molar-refractivity contribution in [2.75, 3.05) is 12.4 Å². The van der Waals surface area contributed by atoms with E-state index in [1.165, 1.54) is 6.07 Å². The standard InChI is InChI=1S/C26H20BrCl3N2O4/c1-35-23-8-14(7-20(27)26(23)36-12-13-5-6-15(28)9-21(13)29)24-18-4-2-3-17(18)19-10-16(32(33)34)11-22(30)25(19)31-24/h2-3,5-11,17-18,24,31H,4,12H2,1H3/t17-,18+,24-/m0/s1. The minimum atomic E-state index is -0.413. The maximum absolute atomic E-state index is 11.4. The predicted octanol–water partition coefficient (Wildman–Crippen LogP) is 8.73. The number of halogens is 4. The summed E-state index contributed by atoms with van der Waals surface area (Å²) in [5.41, 5.74) is 3.33. The third kappa shape index (κ3) is 4.65. The van der Waals surface area contributed by atoms with E-state index in [0.717, 1.165) is 27.6 Å². The molecule has 0 aromatic heterocycles. The second-order valence-electron chi connectivity index (χ2n) is 8.68. The van der Waals surface area contributed by atoms with Gasteiger partial charge in [-0.1, -0.05) is 53.0 Å². The monoisotopic (exact) mass is 608 g/mol. The highest BCUT2D eigenvalue weighted by molar-refractivity contribution is 9.10. The molecule has 0 saturated carbocycles. The normalized spacial score (nSPS) is 19.9. The van der Waals surface area contributed by atoms with E-state index in [4.69, 9.17) is 44.3 Å². The van der Waals surface area contributed by atoms with Crippen molar-refractivity contribution in [3.05, 3.63) is 101 Å². The van der Waals surface area contributed by atoms with Crippen molar-refractivity contribution in [3.63, 3.8) is 0 Å². The molecule has 2 aliphatic rings. The summed E-state index contributed by atoms with van der Waals surface area (Å²) in [6.45, 7) is 0.238. The summed E-state index contributed by atoms with van der Waals surface area (Å²) in [6.07, 6.45) is 5.05. The number of hydrogen-bond donors (Lipinski definition) is 1. The van der Waals surface area contributed by atoms with E-state index < -0.39 is 4.92 Å². The molecular formula is C26H20BrCl3N2O4. The summed E-state index contributed by atoms with van der Waals surface area (Å²) >= 11 is 22.5. The van der Waals surface area contributed by atoms with E-state index in [1.54, 1.807) is 25.3 Å². The van der Waals surface area contributed by atoms with Crippen LogP contribution in [-0.4, -0.2) is 12.0 Å². The van der Waals surface area contributed by atoms with E-state index >= 15 is 0 Å². The Morgan fingerprint density at radius 3 is 2.67 bits per heavy atom. The second kappa shape index (κ2) is 10.1. The van der Waals surface area contributed by atoms with Crippen LogP contribution >= 0.6 is 50.7 Å². The lowest BCUT2D eigenvalue weighted by Crippen LogP contribution is -2.29. The Bertz CT molecular complexity index is 1400. The second-order valence-corrected chi connectivity index (χ2v) is 10.8. The van der Waals surface area contributed by atoms with Gasteiger partial charge in [0.05, 0.1) is 33.3 Å². The molecule has 3 aromatic rings. The summed E-state index contributed by atoms with van der Waals surface area (Å²) < 4.78 is 12.5. The van der Waals surface area contributed by atoms with Crippen LogP contribution < -0.4 is 14.8 Å². The molecule has 1 aliphatic heterocycles. The van der Waals surface area contributed by atoms with Gasteiger partial charge < -0.3 is 14.8 Å². The summed E-state index contributed by atoms with van der Waals surface area (Å²) in [5, 5.41) is 16.4. The molecule has 1 heterocycles. The average molecular weight is 611 g/mol. The van der Waals surface area contributed by atoms with Crippen LogP contribution in [0.5, 0.6) is 11.5 Å². The fourth-order valence-electron chi connectivity index (χ4n) is 4.92. The van der Waals surface area contributed by atoms with Crippen LogP contribution in [0.3, 0.4) is 0 Å². The molecule has 0 spiro atoms. The zero-order valence-corrected chi connectivity index (χ0v) is 22.8. The Hall–Kier alpha value is -2.45. The minimum absolute atomic E-state index is 0.00949. The lowest BCUT2D eigenvalue weighted by Gasteiger charge is -2.38. The van der Waals surface area contributed by atoms with Crippen LogP contribution in [0.2, 0.25) is 15.1 Å². The third-order valence-electron chi connectivity index (χ3n) is 6.61. The van der Waals surface area contributed by atoms with E-state index in [-0.39, 0.29) is 30.2 Å². The Kier molecular flexibility index (Phi) is 7.10. The lowest BCUT2D eigenvalue weighted by atomic mass is 9.77. The fraction of sp³-hybridized carbons (Fsp3) is 0.231. The number of non-ortho nitro benzene ring substituents is 1. The summed E-state index contributed by atoms with van der Waals surface area (Å²) in [6, 6.07) is 12.1. The van der Waals surface area contributed by atoms with Crippen LogP contribution in [0.15, 0.2) is 59.1 Å².